The van der Waals surface area contributed by atoms with Gasteiger partial charge in [-0.25, -0.2) is 4.98 Å². The summed E-state index contributed by atoms with van der Waals surface area (Å²) in [7, 11) is 0. The summed E-state index contributed by atoms with van der Waals surface area (Å²) in [6, 6.07) is 14.4. The number of carbonyl (C=O) groups excluding carboxylic acids is 1. The molecule has 2 heterocycles. The minimum absolute atomic E-state index is 0.147. The van der Waals surface area contributed by atoms with E-state index < -0.39 is 0 Å². The molecule has 5 heteroatoms. The van der Waals surface area contributed by atoms with Crippen LogP contribution in [0.5, 0.6) is 0 Å². The molecule has 1 aromatic heterocycles. The van der Waals surface area contributed by atoms with Crippen molar-refractivity contribution in [1.29, 1.82) is 0 Å². The Morgan fingerprint density at radius 2 is 2.12 bits per heavy atom. The summed E-state index contributed by atoms with van der Waals surface area (Å²) < 4.78 is 0. The van der Waals surface area contributed by atoms with Crippen molar-refractivity contribution in [3.05, 3.63) is 53.6 Å². The fraction of sp³-hybridized carbons (Fsp3) is 0.300. The number of imidazole rings is 1. The molecule has 0 aliphatic carbocycles. The second-order valence-electron chi connectivity index (χ2n) is 6.54. The zero-order chi connectivity index (χ0) is 17.4. The average molecular weight is 351 g/mol. The zero-order valence-corrected chi connectivity index (χ0v) is 15.3. The number of carbonyl (C=O) groups is 1. The first-order chi connectivity index (χ1) is 12.1. The fourth-order valence-electron chi connectivity index (χ4n) is 3.36. The third kappa shape index (κ3) is 3.16. The van der Waals surface area contributed by atoms with Gasteiger partial charge in [-0.05, 0) is 56.0 Å². The molecule has 0 unspecified atom stereocenters. The van der Waals surface area contributed by atoms with Crippen LogP contribution in [0.1, 0.15) is 24.5 Å². The van der Waals surface area contributed by atoms with Crippen LogP contribution in [0, 0.1) is 6.92 Å². The lowest BCUT2D eigenvalue weighted by molar-refractivity contribution is -0.117. The first kappa shape index (κ1) is 16.2. The van der Waals surface area contributed by atoms with Crippen LogP contribution in [0.2, 0.25) is 0 Å². The van der Waals surface area contributed by atoms with E-state index in [-0.39, 0.29) is 11.2 Å². The number of hydrogen-bond donors (Lipinski definition) is 1. The summed E-state index contributed by atoms with van der Waals surface area (Å²) in [4.78, 5) is 22.9. The molecular formula is C20H21N3OS. The van der Waals surface area contributed by atoms with Gasteiger partial charge >= 0.3 is 0 Å². The van der Waals surface area contributed by atoms with E-state index in [0.29, 0.717) is 0 Å². The van der Waals surface area contributed by atoms with Gasteiger partial charge in [-0.2, -0.15) is 0 Å². The number of aromatic amines is 1. The number of thioether (sulfide) groups is 1. The molecule has 0 spiro atoms. The SMILES string of the molecule is Cc1ccc2nc(S[C@H](C)C(=O)N3CCCc4ccccc43)[nH]c2c1. The Balaban J connectivity index is 1.54. The molecule has 4 rings (SSSR count). The lowest BCUT2D eigenvalue weighted by Crippen LogP contribution is -2.40. The number of hydrogen-bond acceptors (Lipinski definition) is 3. The standard InChI is InChI=1S/C20H21N3OS/c1-13-9-10-16-17(12-13)22-20(21-16)25-14(2)19(24)23-11-5-7-15-6-3-4-8-18(15)23/h3-4,6,8-10,12,14H,5,7,11H2,1-2H3,(H,21,22)/t14-/m1/s1. The van der Waals surface area contributed by atoms with Crippen molar-refractivity contribution in [2.24, 2.45) is 0 Å². The molecule has 3 aromatic rings. The number of rotatable bonds is 3. The first-order valence-electron chi connectivity index (χ1n) is 8.64. The largest absolute Gasteiger partial charge is 0.333 e. The number of para-hydroxylation sites is 1. The quantitative estimate of drug-likeness (QED) is 0.715. The minimum Gasteiger partial charge on any atom is -0.333 e. The molecule has 128 valence electrons. The molecule has 1 aliphatic heterocycles. The van der Waals surface area contributed by atoms with Gasteiger partial charge in [0, 0.05) is 12.2 Å². The van der Waals surface area contributed by atoms with Crippen molar-refractivity contribution in [3.63, 3.8) is 0 Å². The van der Waals surface area contributed by atoms with Crippen LogP contribution in [0.4, 0.5) is 5.69 Å². The molecule has 0 saturated carbocycles. The topological polar surface area (TPSA) is 49.0 Å². The average Bonchev–Trinajstić information content (AvgIpc) is 3.01. The van der Waals surface area contributed by atoms with Gasteiger partial charge in [0.2, 0.25) is 5.91 Å². The number of nitrogens with one attached hydrogen (secondary N) is 1. The summed E-state index contributed by atoms with van der Waals surface area (Å²) in [5.41, 5.74) is 5.48. The van der Waals surface area contributed by atoms with Gasteiger partial charge < -0.3 is 9.88 Å². The van der Waals surface area contributed by atoms with Gasteiger partial charge in [0.15, 0.2) is 5.16 Å². The highest BCUT2D eigenvalue weighted by Gasteiger charge is 2.27. The van der Waals surface area contributed by atoms with Crippen molar-refractivity contribution in [2.45, 2.75) is 37.1 Å². The van der Waals surface area contributed by atoms with Crippen LogP contribution < -0.4 is 4.90 Å². The van der Waals surface area contributed by atoms with Crippen LogP contribution in [-0.2, 0) is 11.2 Å². The van der Waals surface area contributed by atoms with Gasteiger partial charge in [0.25, 0.3) is 0 Å². The summed E-state index contributed by atoms with van der Waals surface area (Å²) >= 11 is 1.49. The maximum atomic E-state index is 13.0. The predicted molar refractivity (Wildman–Crippen MR) is 103 cm³/mol. The Morgan fingerprint density at radius 1 is 1.28 bits per heavy atom. The van der Waals surface area contributed by atoms with E-state index in [1.807, 2.05) is 36.1 Å². The van der Waals surface area contributed by atoms with Crippen molar-refractivity contribution < 1.29 is 4.79 Å². The van der Waals surface area contributed by atoms with Gasteiger partial charge in [0.1, 0.15) is 0 Å². The van der Waals surface area contributed by atoms with Crippen LogP contribution in [0.15, 0.2) is 47.6 Å². The fourth-order valence-corrected chi connectivity index (χ4v) is 4.24. The third-order valence-electron chi connectivity index (χ3n) is 4.63. The smallest absolute Gasteiger partial charge is 0.240 e. The molecular weight excluding hydrogens is 330 g/mol. The predicted octanol–water partition coefficient (Wildman–Crippen LogP) is 4.33. The van der Waals surface area contributed by atoms with Crippen molar-refractivity contribution >= 4 is 34.4 Å². The Kier molecular flexibility index (Phi) is 4.25. The molecule has 1 aliphatic rings. The molecule has 0 radical (unpaired) electrons. The highest BCUT2D eigenvalue weighted by molar-refractivity contribution is 8.00. The zero-order valence-electron chi connectivity index (χ0n) is 14.5. The number of nitrogens with zero attached hydrogens (tertiary/aromatic N) is 2. The monoisotopic (exact) mass is 351 g/mol. The van der Waals surface area contributed by atoms with E-state index in [1.165, 1.54) is 22.9 Å². The Morgan fingerprint density at radius 3 is 3.00 bits per heavy atom. The van der Waals surface area contributed by atoms with E-state index in [0.717, 1.165) is 41.3 Å². The van der Waals surface area contributed by atoms with Crippen LogP contribution in [-0.4, -0.2) is 27.7 Å². The normalized spacial score (nSPS) is 15.2. The molecule has 0 bridgehead atoms. The number of anilines is 1. The van der Waals surface area contributed by atoms with E-state index in [4.69, 9.17) is 0 Å². The number of amides is 1. The maximum absolute atomic E-state index is 13.0. The van der Waals surface area contributed by atoms with Gasteiger partial charge in [0.05, 0.1) is 16.3 Å². The maximum Gasteiger partial charge on any atom is 0.240 e. The summed E-state index contributed by atoms with van der Waals surface area (Å²) in [6.45, 7) is 4.82. The van der Waals surface area contributed by atoms with Gasteiger partial charge in [-0.1, -0.05) is 36.0 Å². The highest BCUT2D eigenvalue weighted by Crippen LogP contribution is 2.31. The number of aryl methyl sites for hydroxylation is 2. The van der Waals surface area contributed by atoms with Crippen LogP contribution in [0.25, 0.3) is 11.0 Å². The van der Waals surface area contributed by atoms with E-state index in [9.17, 15) is 4.79 Å². The number of benzene rings is 2. The summed E-state index contributed by atoms with van der Waals surface area (Å²) in [5.74, 6) is 0.147. The Bertz CT molecular complexity index is 934. The lowest BCUT2D eigenvalue weighted by atomic mass is 10.0. The highest BCUT2D eigenvalue weighted by atomic mass is 32.2. The first-order valence-corrected chi connectivity index (χ1v) is 9.52. The molecule has 25 heavy (non-hydrogen) atoms. The second-order valence-corrected chi connectivity index (χ2v) is 7.87. The van der Waals surface area contributed by atoms with Crippen molar-refractivity contribution in [2.75, 3.05) is 11.4 Å². The molecule has 0 fully saturated rings. The van der Waals surface area contributed by atoms with Gasteiger partial charge in [-0.3, -0.25) is 4.79 Å². The summed E-state index contributed by atoms with van der Waals surface area (Å²) in [5, 5.41) is 0.611. The molecule has 1 atom stereocenters. The van der Waals surface area contributed by atoms with E-state index in [2.05, 4.69) is 35.1 Å². The van der Waals surface area contributed by atoms with Crippen LogP contribution in [0.3, 0.4) is 0 Å². The Hall–Kier alpha value is -2.27. The molecule has 2 aromatic carbocycles. The Labute approximate surface area is 151 Å². The number of aromatic nitrogens is 2. The minimum atomic E-state index is -0.187. The number of fused-ring (bicyclic) bond motifs is 2. The van der Waals surface area contributed by atoms with Crippen molar-refractivity contribution in [3.8, 4) is 0 Å². The molecule has 0 saturated heterocycles. The van der Waals surface area contributed by atoms with Crippen LogP contribution >= 0.6 is 11.8 Å². The second kappa shape index (κ2) is 6.56. The number of H-pyrrole nitrogens is 1. The molecule has 1 amide bonds. The molecule has 1 N–H and O–H groups in total. The summed E-state index contributed by atoms with van der Waals surface area (Å²) in [6.07, 6.45) is 2.06. The van der Waals surface area contributed by atoms with E-state index >= 15 is 0 Å². The van der Waals surface area contributed by atoms with Gasteiger partial charge in [-0.15, -0.1) is 0 Å². The third-order valence-corrected chi connectivity index (χ3v) is 5.60. The lowest BCUT2D eigenvalue weighted by Gasteiger charge is -2.31. The van der Waals surface area contributed by atoms with Crippen molar-refractivity contribution in [1.82, 2.24) is 9.97 Å². The van der Waals surface area contributed by atoms with E-state index in [1.54, 1.807) is 0 Å². The molecule has 4 nitrogen and oxygen atoms in total.